The van der Waals surface area contributed by atoms with Crippen molar-refractivity contribution in [2.24, 2.45) is 0 Å². The van der Waals surface area contributed by atoms with Crippen LogP contribution in [0.2, 0.25) is 0 Å². The van der Waals surface area contributed by atoms with Crippen LogP contribution >= 0.6 is 0 Å². The number of benzene rings is 2. The average Bonchev–Trinajstić information content (AvgIpc) is 2.60. The Bertz CT molecular complexity index is 758. The summed E-state index contributed by atoms with van der Waals surface area (Å²) in [4.78, 5) is 11.8. The van der Waals surface area contributed by atoms with E-state index in [4.69, 9.17) is 19.5 Å². The number of nitriles is 1. The molecule has 5 nitrogen and oxygen atoms in total. The van der Waals surface area contributed by atoms with Gasteiger partial charge in [-0.2, -0.15) is 5.26 Å². The zero-order valence-electron chi connectivity index (χ0n) is 12.8. The first-order valence-corrected chi connectivity index (χ1v) is 6.78. The molecule has 0 aliphatic heterocycles. The van der Waals surface area contributed by atoms with E-state index >= 15 is 0 Å². The molecule has 0 radical (unpaired) electrons. The van der Waals surface area contributed by atoms with Crippen molar-refractivity contribution >= 4 is 12.0 Å². The first-order chi connectivity index (χ1) is 11.2. The second-order valence-corrected chi connectivity index (χ2v) is 4.51. The van der Waals surface area contributed by atoms with Gasteiger partial charge in [0.05, 0.1) is 25.9 Å². The van der Waals surface area contributed by atoms with E-state index in [9.17, 15) is 4.79 Å². The van der Waals surface area contributed by atoms with Crippen molar-refractivity contribution in [1.82, 2.24) is 0 Å². The van der Waals surface area contributed by atoms with Crippen LogP contribution in [-0.4, -0.2) is 20.2 Å². The fraction of sp³-hybridized carbons (Fsp3) is 0.111. The Labute approximate surface area is 134 Å². The molecule has 0 heterocycles. The van der Waals surface area contributed by atoms with Gasteiger partial charge in [-0.15, -0.1) is 0 Å². The highest BCUT2D eigenvalue weighted by Crippen LogP contribution is 2.27. The molecule has 0 bridgehead atoms. The number of carbonyl (C=O) groups is 1. The molecule has 0 aliphatic carbocycles. The number of methoxy groups -OCH3 is 2. The van der Waals surface area contributed by atoms with Crippen LogP contribution < -0.4 is 14.2 Å². The number of hydrogen-bond donors (Lipinski definition) is 0. The SMILES string of the molecule is COc1ccc(/C=C/C(=O)Oc2ccc(C#N)cc2)cc1OC. The predicted octanol–water partition coefficient (Wildman–Crippen LogP) is 3.19. The molecule has 0 N–H and O–H groups in total. The quantitative estimate of drug-likeness (QED) is 0.482. The molecule has 2 rings (SSSR count). The zero-order valence-corrected chi connectivity index (χ0v) is 12.8. The van der Waals surface area contributed by atoms with Crippen molar-refractivity contribution in [2.45, 2.75) is 0 Å². The number of esters is 1. The van der Waals surface area contributed by atoms with Gasteiger partial charge in [0.2, 0.25) is 0 Å². The molecule has 23 heavy (non-hydrogen) atoms. The van der Waals surface area contributed by atoms with Crippen molar-refractivity contribution in [3.8, 4) is 23.3 Å². The maximum atomic E-state index is 11.8. The summed E-state index contributed by atoms with van der Waals surface area (Å²) in [6.45, 7) is 0. The summed E-state index contributed by atoms with van der Waals surface area (Å²) in [6, 6.07) is 13.6. The van der Waals surface area contributed by atoms with Gasteiger partial charge in [0, 0.05) is 6.08 Å². The Hall–Kier alpha value is -3.26. The highest BCUT2D eigenvalue weighted by molar-refractivity contribution is 5.88. The van der Waals surface area contributed by atoms with E-state index in [1.807, 2.05) is 6.07 Å². The highest BCUT2D eigenvalue weighted by atomic mass is 16.5. The third-order valence-corrected chi connectivity index (χ3v) is 3.02. The minimum absolute atomic E-state index is 0.381. The summed E-state index contributed by atoms with van der Waals surface area (Å²) >= 11 is 0. The standard InChI is InChI=1S/C18H15NO4/c1-21-16-9-5-13(11-17(16)22-2)6-10-18(20)23-15-7-3-14(12-19)4-8-15/h3-11H,1-2H3/b10-6+. The monoisotopic (exact) mass is 309 g/mol. The first-order valence-electron chi connectivity index (χ1n) is 6.78. The molecule has 0 aliphatic rings. The van der Waals surface area contributed by atoms with E-state index in [0.29, 0.717) is 22.8 Å². The summed E-state index contributed by atoms with van der Waals surface area (Å²) in [5, 5.41) is 8.71. The molecule has 0 fully saturated rings. The van der Waals surface area contributed by atoms with Crippen LogP contribution in [0.15, 0.2) is 48.5 Å². The summed E-state index contributed by atoms with van der Waals surface area (Å²) in [7, 11) is 3.10. The number of ether oxygens (including phenoxy) is 3. The van der Waals surface area contributed by atoms with E-state index in [-0.39, 0.29) is 0 Å². The lowest BCUT2D eigenvalue weighted by atomic mass is 10.2. The Kier molecular flexibility index (Phi) is 5.37. The normalized spacial score (nSPS) is 10.1. The van der Waals surface area contributed by atoms with E-state index < -0.39 is 5.97 Å². The van der Waals surface area contributed by atoms with Crippen molar-refractivity contribution in [2.75, 3.05) is 14.2 Å². The molecule has 0 amide bonds. The van der Waals surface area contributed by atoms with Gasteiger partial charge >= 0.3 is 5.97 Å². The average molecular weight is 309 g/mol. The van der Waals surface area contributed by atoms with Crippen LogP contribution in [0.1, 0.15) is 11.1 Å². The van der Waals surface area contributed by atoms with Crippen molar-refractivity contribution in [3.05, 3.63) is 59.7 Å². The van der Waals surface area contributed by atoms with E-state index in [2.05, 4.69) is 0 Å². The van der Waals surface area contributed by atoms with Gasteiger partial charge in [0.1, 0.15) is 5.75 Å². The van der Waals surface area contributed by atoms with E-state index in [0.717, 1.165) is 5.56 Å². The minimum Gasteiger partial charge on any atom is -0.493 e. The van der Waals surface area contributed by atoms with Crippen molar-refractivity contribution in [1.29, 1.82) is 5.26 Å². The van der Waals surface area contributed by atoms with Gasteiger partial charge in [0.15, 0.2) is 11.5 Å². The van der Waals surface area contributed by atoms with Crippen LogP contribution in [-0.2, 0) is 4.79 Å². The molecular weight excluding hydrogens is 294 g/mol. The van der Waals surface area contributed by atoms with Crippen LogP contribution in [0.25, 0.3) is 6.08 Å². The van der Waals surface area contributed by atoms with Gasteiger partial charge in [-0.25, -0.2) is 4.79 Å². The third-order valence-electron chi connectivity index (χ3n) is 3.02. The van der Waals surface area contributed by atoms with Gasteiger partial charge in [-0.1, -0.05) is 6.07 Å². The topological polar surface area (TPSA) is 68.5 Å². The zero-order chi connectivity index (χ0) is 16.7. The summed E-state index contributed by atoms with van der Waals surface area (Å²) < 4.78 is 15.5. The predicted molar refractivity (Wildman–Crippen MR) is 85.4 cm³/mol. The molecule has 5 heteroatoms. The smallest absolute Gasteiger partial charge is 0.336 e. The molecule has 0 saturated carbocycles. The maximum absolute atomic E-state index is 11.8. The third kappa shape index (κ3) is 4.35. The lowest BCUT2D eigenvalue weighted by Gasteiger charge is -2.07. The van der Waals surface area contributed by atoms with Crippen LogP contribution in [0.4, 0.5) is 0 Å². The molecule has 2 aromatic rings. The molecule has 2 aromatic carbocycles. The maximum Gasteiger partial charge on any atom is 0.336 e. The second kappa shape index (κ2) is 7.66. The second-order valence-electron chi connectivity index (χ2n) is 4.51. The van der Waals surface area contributed by atoms with Crippen molar-refractivity contribution in [3.63, 3.8) is 0 Å². The molecule has 0 aromatic heterocycles. The first kappa shape index (κ1) is 16.1. The Morgan fingerprint density at radius 1 is 1.04 bits per heavy atom. The fourth-order valence-electron chi connectivity index (χ4n) is 1.87. The highest BCUT2D eigenvalue weighted by Gasteiger charge is 2.04. The number of carbonyl (C=O) groups excluding carboxylic acids is 1. The lowest BCUT2D eigenvalue weighted by molar-refractivity contribution is -0.128. The van der Waals surface area contributed by atoms with Crippen LogP contribution in [0, 0.1) is 11.3 Å². The van der Waals surface area contributed by atoms with Gasteiger partial charge in [-0.05, 0) is 48.0 Å². The molecule has 0 spiro atoms. The van der Waals surface area contributed by atoms with Crippen LogP contribution in [0.5, 0.6) is 17.2 Å². The van der Waals surface area contributed by atoms with E-state index in [1.54, 1.807) is 62.8 Å². The lowest BCUT2D eigenvalue weighted by Crippen LogP contribution is -2.03. The Morgan fingerprint density at radius 2 is 1.74 bits per heavy atom. The Morgan fingerprint density at radius 3 is 2.35 bits per heavy atom. The fourth-order valence-corrected chi connectivity index (χ4v) is 1.87. The van der Waals surface area contributed by atoms with Gasteiger partial charge in [0.25, 0.3) is 0 Å². The minimum atomic E-state index is -0.510. The van der Waals surface area contributed by atoms with Crippen LogP contribution in [0.3, 0.4) is 0 Å². The molecule has 0 saturated heterocycles. The van der Waals surface area contributed by atoms with E-state index in [1.165, 1.54) is 6.08 Å². The van der Waals surface area contributed by atoms with Gasteiger partial charge in [-0.3, -0.25) is 0 Å². The van der Waals surface area contributed by atoms with Gasteiger partial charge < -0.3 is 14.2 Å². The number of nitrogens with zero attached hydrogens (tertiary/aromatic N) is 1. The molecule has 116 valence electrons. The molecule has 0 atom stereocenters. The number of hydrogen-bond acceptors (Lipinski definition) is 5. The molecular formula is C18H15NO4. The summed E-state index contributed by atoms with van der Waals surface area (Å²) in [5.41, 5.74) is 1.28. The largest absolute Gasteiger partial charge is 0.493 e. The van der Waals surface area contributed by atoms with Crippen molar-refractivity contribution < 1.29 is 19.0 Å². The summed E-state index contributed by atoms with van der Waals surface area (Å²) in [5.74, 6) is 1.07. The Balaban J connectivity index is 2.04. The molecule has 0 unspecified atom stereocenters. The summed E-state index contributed by atoms with van der Waals surface area (Å²) in [6.07, 6.45) is 2.94. The number of rotatable bonds is 5.